The number of carbonyl (C=O) groups is 1. The largest absolute Gasteiger partial charge is 0.345 e. The average Bonchev–Trinajstić information content (AvgIpc) is 2.77. The molecule has 1 amide bonds. The summed E-state index contributed by atoms with van der Waals surface area (Å²) >= 11 is 0. The molecule has 3 aromatic rings. The molecule has 3 aromatic carbocycles. The molecule has 0 fully saturated rings. The zero-order chi connectivity index (χ0) is 22.4. The van der Waals surface area contributed by atoms with E-state index in [4.69, 9.17) is 0 Å². The molecule has 0 radical (unpaired) electrons. The molecule has 1 N–H and O–H groups in total. The fourth-order valence-electron chi connectivity index (χ4n) is 3.39. The zero-order valence-electron chi connectivity index (χ0n) is 18.1. The van der Waals surface area contributed by atoms with E-state index in [1.165, 1.54) is 10.6 Å². The lowest BCUT2D eigenvalue weighted by molar-refractivity contribution is 0.0935. The fraction of sp³-hybridized carbons (Fsp3) is 0.240. The Balaban J connectivity index is 1.77. The van der Waals surface area contributed by atoms with E-state index >= 15 is 0 Å². The van der Waals surface area contributed by atoms with Crippen molar-refractivity contribution < 1.29 is 13.2 Å². The molecule has 0 aliphatic rings. The van der Waals surface area contributed by atoms with Gasteiger partial charge in [-0.15, -0.1) is 0 Å². The predicted molar refractivity (Wildman–Crippen MR) is 126 cm³/mol. The molecule has 162 valence electrons. The summed E-state index contributed by atoms with van der Waals surface area (Å²) in [6.45, 7) is 4.25. The minimum absolute atomic E-state index is 0.0811. The van der Waals surface area contributed by atoms with Crippen LogP contribution in [0.5, 0.6) is 0 Å². The summed E-state index contributed by atoms with van der Waals surface area (Å²) in [6.07, 6.45) is 1.96. The molecule has 0 aliphatic heterocycles. The molecule has 1 unspecified atom stereocenters. The van der Waals surface area contributed by atoms with Gasteiger partial charge in [-0.2, -0.15) is 0 Å². The van der Waals surface area contributed by atoms with Crippen LogP contribution in [0.1, 0.15) is 46.4 Å². The van der Waals surface area contributed by atoms with Gasteiger partial charge in [-0.05, 0) is 48.7 Å². The molecule has 0 spiro atoms. The van der Waals surface area contributed by atoms with Gasteiger partial charge in [0.2, 0.25) is 10.0 Å². The normalized spacial score (nSPS) is 12.2. The minimum atomic E-state index is -3.49. The second-order valence-corrected chi connectivity index (χ2v) is 9.55. The Morgan fingerprint density at radius 2 is 1.55 bits per heavy atom. The first-order valence-electron chi connectivity index (χ1n) is 10.3. The summed E-state index contributed by atoms with van der Waals surface area (Å²) in [5.74, 6) is -0.188. The summed E-state index contributed by atoms with van der Waals surface area (Å²) < 4.78 is 26.2. The van der Waals surface area contributed by atoms with Gasteiger partial charge in [0.05, 0.1) is 24.5 Å². The number of anilines is 1. The number of nitrogens with one attached hydrogen (secondary N) is 1. The average molecular weight is 437 g/mol. The van der Waals surface area contributed by atoms with E-state index in [0.717, 1.165) is 23.1 Å². The second kappa shape index (κ2) is 9.79. The number of benzene rings is 3. The first kappa shape index (κ1) is 22.6. The molecule has 0 heterocycles. The Labute approximate surface area is 184 Å². The minimum Gasteiger partial charge on any atom is -0.345 e. The molecular formula is C25H28N2O3S. The molecule has 0 saturated heterocycles. The molecule has 0 bridgehead atoms. The van der Waals surface area contributed by atoms with Crippen molar-refractivity contribution in [1.82, 2.24) is 5.32 Å². The number of aryl methyl sites for hydroxylation is 1. The Kier molecular flexibility index (Phi) is 7.13. The van der Waals surface area contributed by atoms with Crippen molar-refractivity contribution in [3.63, 3.8) is 0 Å². The topological polar surface area (TPSA) is 66.5 Å². The Bertz CT molecular complexity index is 1110. The van der Waals surface area contributed by atoms with Crippen LogP contribution >= 0.6 is 0 Å². The van der Waals surface area contributed by atoms with Gasteiger partial charge in [0.25, 0.3) is 5.91 Å². The van der Waals surface area contributed by atoms with E-state index in [9.17, 15) is 13.2 Å². The first-order valence-corrected chi connectivity index (χ1v) is 12.1. The van der Waals surface area contributed by atoms with E-state index in [1.807, 2.05) is 68.4 Å². The van der Waals surface area contributed by atoms with E-state index in [1.54, 1.807) is 24.3 Å². The standard InChI is InChI=1S/C25H28N2O3S/c1-4-24(21-8-6-5-7-9-21)26-25(28)22-14-16-23(17-15-22)27(31(3,29)30)18-20-12-10-19(2)11-13-20/h5-17,24H,4,18H2,1-3H3,(H,26,28). The van der Waals surface area contributed by atoms with Gasteiger partial charge in [-0.3, -0.25) is 9.10 Å². The molecule has 3 rings (SSSR count). The van der Waals surface area contributed by atoms with Crippen LogP contribution in [-0.4, -0.2) is 20.6 Å². The maximum atomic E-state index is 12.7. The van der Waals surface area contributed by atoms with Crippen molar-refractivity contribution in [2.24, 2.45) is 0 Å². The summed E-state index contributed by atoms with van der Waals surface area (Å²) in [5, 5.41) is 3.05. The van der Waals surface area contributed by atoms with Crippen LogP contribution in [0.4, 0.5) is 5.69 Å². The van der Waals surface area contributed by atoms with Gasteiger partial charge in [-0.25, -0.2) is 8.42 Å². The number of hydrogen-bond donors (Lipinski definition) is 1. The smallest absolute Gasteiger partial charge is 0.251 e. The van der Waals surface area contributed by atoms with Crippen LogP contribution in [0, 0.1) is 6.92 Å². The summed E-state index contributed by atoms with van der Waals surface area (Å²) in [4.78, 5) is 12.7. The van der Waals surface area contributed by atoms with Crippen LogP contribution in [-0.2, 0) is 16.6 Å². The van der Waals surface area contributed by atoms with Crippen LogP contribution in [0.15, 0.2) is 78.9 Å². The van der Waals surface area contributed by atoms with Crippen molar-refractivity contribution in [3.05, 3.63) is 101 Å². The lowest BCUT2D eigenvalue weighted by Gasteiger charge is -2.23. The third-order valence-electron chi connectivity index (χ3n) is 5.18. The Morgan fingerprint density at radius 3 is 2.10 bits per heavy atom. The first-order chi connectivity index (χ1) is 14.8. The monoisotopic (exact) mass is 436 g/mol. The van der Waals surface area contributed by atoms with Gasteiger partial charge in [0.1, 0.15) is 0 Å². The molecule has 1 atom stereocenters. The Morgan fingerprint density at radius 1 is 0.935 bits per heavy atom. The van der Waals surface area contributed by atoms with Crippen LogP contribution < -0.4 is 9.62 Å². The van der Waals surface area contributed by atoms with E-state index in [-0.39, 0.29) is 18.5 Å². The highest BCUT2D eigenvalue weighted by molar-refractivity contribution is 7.92. The lowest BCUT2D eigenvalue weighted by atomic mass is 10.0. The maximum absolute atomic E-state index is 12.7. The van der Waals surface area contributed by atoms with Crippen molar-refractivity contribution in [1.29, 1.82) is 0 Å². The molecule has 5 nitrogen and oxygen atoms in total. The number of sulfonamides is 1. The predicted octanol–water partition coefficient (Wildman–Crippen LogP) is 4.84. The molecule has 31 heavy (non-hydrogen) atoms. The zero-order valence-corrected chi connectivity index (χ0v) is 18.9. The number of amides is 1. The second-order valence-electron chi connectivity index (χ2n) is 7.65. The summed E-state index contributed by atoms with van der Waals surface area (Å²) in [7, 11) is -3.49. The highest BCUT2D eigenvalue weighted by Crippen LogP contribution is 2.22. The molecule has 0 aliphatic carbocycles. The quantitative estimate of drug-likeness (QED) is 0.549. The van der Waals surface area contributed by atoms with Crippen LogP contribution in [0.3, 0.4) is 0 Å². The number of hydrogen-bond acceptors (Lipinski definition) is 3. The summed E-state index contributed by atoms with van der Waals surface area (Å²) in [5.41, 5.74) is 4.07. The highest BCUT2D eigenvalue weighted by Gasteiger charge is 2.19. The molecule has 0 saturated carbocycles. The van der Waals surface area contributed by atoms with E-state index in [2.05, 4.69) is 5.32 Å². The third-order valence-corrected chi connectivity index (χ3v) is 6.32. The summed E-state index contributed by atoms with van der Waals surface area (Å²) in [6, 6.07) is 24.2. The van der Waals surface area contributed by atoms with Gasteiger partial charge in [0.15, 0.2) is 0 Å². The van der Waals surface area contributed by atoms with Crippen molar-refractivity contribution in [2.75, 3.05) is 10.6 Å². The fourth-order valence-corrected chi connectivity index (χ4v) is 4.27. The molecule has 0 aromatic heterocycles. The van der Waals surface area contributed by atoms with Crippen LogP contribution in [0.25, 0.3) is 0 Å². The number of rotatable bonds is 8. The SMILES string of the molecule is CCC(NC(=O)c1ccc(N(Cc2ccc(C)cc2)S(C)(=O)=O)cc1)c1ccccc1. The Hall–Kier alpha value is -3.12. The number of carbonyl (C=O) groups excluding carboxylic acids is 1. The highest BCUT2D eigenvalue weighted by atomic mass is 32.2. The van der Waals surface area contributed by atoms with Gasteiger partial charge in [0, 0.05) is 5.56 Å². The molecule has 6 heteroatoms. The van der Waals surface area contributed by atoms with Crippen molar-refractivity contribution >= 4 is 21.6 Å². The lowest BCUT2D eigenvalue weighted by Crippen LogP contribution is -2.30. The van der Waals surface area contributed by atoms with Crippen molar-refractivity contribution in [2.45, 2.75) is 32.9 Å². The van der Waals surface area contributed by atoms with E-state index < -0.39 is 10.0 Å². The third kappa shape index (κ3) is 5.95. The van der Waals surface area contributed by atoms with Gasteiger partial charge in [-0.1, -0.05) is 67.1 Å². The van der Waals surface area contributed by atoms with E-state index in [0.29, 0.717) is 11.3 Å². The van der Waals surface area contributed by atoms with Gasteiger partial charge >= 0.3 is 0 Å². The maximum Gasteiger partial charge on any atom is 0.251 e. The van der Waals surface area contributed by atoms with Gasteiger partial charge < -0.3 is 5.32 Å². The van der Waals surface area contributed by atoms with Crippen LogP contribution in [0.2, 0.25) is 0 Å². The number of nitrogens with zero attached hydrogens (tertiary/aromatic N) is 1. The molecular weight excluding hydrogens is 408 g/mol. The van der Waals surface area contributed by atoms with Crippen molar-refractivity contribution in [3.8, 4) is 0 Å².